The van der Waals surface area contributed by atoms with E-state index in [2.05, 4.69) is 4.99 Å². The molecule has 0 atom stereocenters. The normalized spacial score (nSPS) is 10.9. The van der Waals surface area contributed by atoms with Crippen molar-refractivity contribution in [3.8, 4) is 23.0 Å². The van der Waals surface area contributed by atoms with Crippen molar-refractivity contribution in [2.24, 2.45) is 4.99 Å². The van der Waals surface area contributed by atoms with Crippen LogP contribution in [0.1, 0.15) is 28.8 Å². The monoisotopic (exact) mass is 393 g/mol. The Morgan fingerprint density at radius 2 is 1.38 bits per heavy atom. The molecule has 29 heavy (non-hydrogen) atoms. The Kier molecular flexibility index (Phi) is 4.95. The zero-order valence-electron chi connectivity index (χ0n) is 16.2. The van der Waals surface area contributed by atoms with Crippen molar-refractivity contribution in [1.82, 2.24) is 0 Å². The fraction of sp³-hybridized carbons (Fsp3) is 0.182. The Balaban J connectivity index is 1.74. The number of carbonyl (C=O) groups is 1. The smallest absolute Gasteiger partial charge is 0.400 e. The minimum Gasteiger partial charge on any atom is -0.462 e. The number of furan rings is 2. The highest BCUT2D eigenvalue weighted by Gasteiger charge is 2.21. The number of aryl methyl sites for hydroxylation is 2. The maximum absolute atomic E-state index is 11.8. The van der Waals surface area contributed by atoms with Crippen molar-refractivity contribution >= 4 is 11.7 Å². The molecule has 4 aromatic rings. The van der Waals surface area contributed by atoms with Crippen LogP contribution in [0.15, 0.2) is 71.2 Å². The van der Waals surface area contributed by atoms with Crippen LogP contribution in [-0.2, 0) is 4.74 Å². The predicted octanol–water partition coefficient (Wildman–Crippen LogP) is 5.42. The molecule has 0 fully saturated rings. The van der Waals surface area contributed by atoms with Gasteiger partial charge in [-0.15, -0.1) is 0 Å². The molecule has 4 rings (SSSR count). The van der Waals surface area contributed by atoms with Gasteiger partial charge in [0.05, 0.1) is 17.9 Å². The quantitative estimate of drug-likeness (QED) is 0.421. The van der Waals surface area contributed by atoms with E-state index in [0.29, 0.717) is 40.9 Å². The molecule has 0 amide bonds. The van der Waals surface area contributed by atoms with E-state index in [1.54, 1.807) is 43.3 Å². The van der Waals surface area contributed by atoms with Gasteiger partial charge in [0.15, 0.2) is 11.5 Å². The number of nitrogens with zero attached hydrogens (tertiary/aromatic N) is 1. The Morgan fingerprint density at radius 3 is 1.83 bits per heavy atom. The molecule has 1 aromatic carbocycles. The first-order valence-corrected chi connectivity index (χ1v) is 9.13. The van der Waals surface area contributed by atoms with Crippen LogP contribution in [0.2, 0.25) is 0 Å². The molecule has 0 radical (unpaired) electrons. The van der Waals surface area contributed by atoms with Gasteiger partial charge in [0.1, 0.15) is 11.5 Å². The molecule has 7 nitrogen and oxygen atoms in total. The minimum atomic E-state index is -0.382. The summed E-state index contributed by atoms with van der Waals surface area (Å²) >= 11 is 0. The summed E-state index contributed by atoms with van der Waals surface area (Å²) in [5, 5.41) is 0. The van der Waals surface area contributed by atoms with E-state index in [1.807, 2.05) is 26.0 Å². The topological polar surface area (TPSA) is 91.2 Å². The van der Waals surface area contributed by atoms with Crippen LogP contribution in [0.3, 0.4) is 0 Å². The zero-order chi connectivity index (χ0) is 20.4. The van der Waals surface area contributed by atoms with E-state index in [0.717, 1.165) is 11.5 Å². The number of hydrogen-bond donors (Lipinski definition) is 0. The molecular formula is C22H19NO6. The molecule has 0 bridgehead atoms. The second kappa shape index (κ2) is 7.71. The first-order valence-electron chi connectivity index (χ1n) is 9.13. The van der Waals surface area contributed by atoms with Gasteiger partial charge in [-0.2, -0.15) is 4.99 Å². The van der Waals surface area contributed by atoms with Crippen LogP contribution < -0.4 is 5.75 Å². The average Bonchev–Trinajstić information content (AvgIpc) is 3.42. The van der Waals surface area contributed by atoms with Gasteiger partial charge in [-0.1, -0.05) is 0 Å². The van der Waals surface area contributed by atoms with Gasteiger partial charge in [0, 0.05) is 0 Å². The van der Waals surface area contributed by atoms with E-state index in [1.165, 1.54) is 0 Å². The number of hydrogen-bond acceptors (Lipinski definition) is 7. The summed E-state index contributed by atoms with van der Waals surface area (Å²) in [7, 11) is 0. The Labute approximate surface area is 166 Å². The van der Waals surface area contributed by atoms with E-state index in [-0.39, 0.29) is 11.7 Å². The lowest BCUT2D eigenvalue weighted by atomic mass is 10.2. The second-order valence-corrected chi connectivity index (χ2v) is 6.33. The van der Waals surface area contributed by atoms with Gasteiger partial charge in [-0.3, -0.25) is 0 Å². The van der Waals surface area contributed by atoms with Crippen molar-refractivity contribution in [2.75, 3.05) is 6.61 Å². The van der Waals surface area contributed by atoms with Gasteiger partial charge >= 0.3 is 11.7 Å². The van der Waals surface area contributed by atoms with E-state index < -0.39 is 0 Å². The molecule has 0 aliphatic carbocycles. The molecule has 0 N–H and O–H groups in total. The van der Waals surface area contributed by atoms with Gasteiger partial charge < -0.3 is 22.4 Å². The van der Waals surface area contributed by atoms with Crippen LogP contribution >= 0.6 is 0 Å². The lowest BCUT2D eigenvalue weighted by Crippen LogP contribution is -2.03. The number of benzene rings is 1. The molecule has 0 saturated carbocycles. The molecule has 7 heteroatoms. The van der Waals surface area contributed by atoms with Crippen LogP contribution in [0.25, 0.3) is 23.0 Å². The number of esters is 1. The molecule has 0 spiro atoms. The Hall–Kier alpha value is -3.74. The highest BCUT2D eigenvalue weighted by atomic mass is 16.5. The van der Waals surface area contributed by atoms with E-state index >= 15 is 0 Å². The summed E-state index contributed by atoms with van der Waals surface area (Å²) in [5.74, 6) is 2.92. The molecule has 3 heterocycles. The molecule has 3 aromatic heterocycles. The third-order valence-corrected chi connectivity index (χ3v) is 4.11. The Morgan fingerprint density at radius 1 is 0.828 bits per heavy atom. The van der Waals surface area contributed by atoms with Crippen molar-refractivity contribution in [3.05, 3.63) is 71.4 Å². The van der Waals surface area contributed by atoms with Crippen LogP contribution in [0.4, 0.5) is 5.69 Å². The van der Waals surface area contributed by atoms with E-state index in [9.17, 15) is 4.79 Å². The molecular weight excluding hydrogens is 374 g/mol. The van der Waals surface area contributed by atoms with Gasteiger partial charge in [0.25, 0.3) is 0 Å². The first kappa shape index (κ1) is 18.6. The summed E-state index contributed by atoms with van der Waals surface area (Å²) in [6, 6.07) is 13.9. The second-order valence-electron chi connectivity index (χ2n) is 6.33. The fourth-order valence-corrected chi connectivity index (χ4v) is 2.76. The molecule has 0 saturated heterocycles. The standard InChI is InChI=1S/C22H19NO6/c1-4-25-21(24)15-7-9-16(10-8-15)23-22-28-19(17-11-5-13(2)26-17)20(29-22)18-12-6-14(3)27-18/h5-12H,4H2,1-3H3. The summed E-state index contributed by atoms with van der Waals surface area (Å²) in [4.78, 5) is 16.1. The van der Waals surface area contributed by atoms with E-state index in [4.69, 9.17) is 22.4 Å². The third kappa shape index (κ3) is 3.94. The summed E-state index contributed by atoms with van der Waals surface area (Å²) in [5.41, 5.74) is 1.00. The third-order valence-electron chi connectivity index (χ3n) is 4.11. The van der Waals surface area contributed by atoms with Gasteiger partial charge in [-0.25, -0.2) is 4.79 Å². The fourth-order valence-electron chi connectivity index (χ4n) is 2.76. The van der Waals surface area contributed by atoms with Crippen LogP contribution in [0.5, 0.6) is 0 Å². The maximum Gasteiger partial charge on any atom is 0.400 e. The molecule has 0 aliphatic heterocycles. The molecule has 0 aliphatic rings. The molecule has 0 unspecified atom stereocenters. The maximum atomic E-state index is 11.8. The van der Waals surface area contributed by atoms with Gasteiger partial charge in [-0.05, 0) is 69.3 Å². The van der Waals surface area contributed by atoms with Crippen molar-refractivity contribution in [1.29, 1.82) is 0 Å². The Bertz CT molecular complexity index is 1140. The van der Waals surface area contributed by atoms with Gasteiger partial charge in [0.2, 0.25) is 11.5 Å². The summed E-state index contributed by atoms with van der Waals surface area (Å²) in [6.45, 7) is 5.77. The highest BCUT2D eigenvalue weighted by molar-refractivity contribution is 5.89. The number of carbonyl (C=O) groups excluding carboxylic acids is 1. The minimum absolute atomic E-state index is 0.0296. The zero-order valence-corrected chi connectivity index (χ0v) is 16.2. The summed E-state index contributed by atoms with van der Waals surface area (Å²) in [6.07, 6.45) is 0. The van der Waals surface area contributed by atoms with Crippen molar-refractivity contribution in [2.45, 2.75) is 20.8 Å². The average molecular weight is 393 g/mol. The first-order chi connectivity index (χ1) is 14.0. The lowest BCUT2D eigenvalue weighted by molar-refractivity contribution is 0.0526. The largest absolute Gasteiger partial charge is 0.462 e. The van der Waals surface area contributed by atoms with Crippen molar-refractivity contribution in [3.63, 3.8) is 0 Å². The SMILES string of the molecule is CCOC(=O)c1ccc(N=c2oc(-c3ccc(C)o3)c(-c3ccc(C)o3)o2)cc1. The van der Waals surface area contributed by atoms with Crippen LogP contribution in [-0.4, -0.2) is 12.6 Å². The lowest BCUT2D eigenvalue weighted by Gasteiger charge is -2.00. The van der Waals surface area contributed by atoms with Crippen LogP contribution in [0, 0.1) is 13.8 Å². The number of rotatable bonds is 5. The van der Waals surface area contributed by atoms with Crippen molar-refractivity contribution < 1.29 is 27.2 Å². The summed E-state index contributed by atoms with van der Waals surface area (Å²) < 4.78 is 28.0. The highest BCUT2D eigenvalue weighted by Crippen LogP contribution is 2.33. The number of ether oxygens (including phenoxy) is 1. The predicted molar refractivity (Wildman–Crippen MR) is 103 cm³/mol. The molecule has 148 valence electrons.